The predicted molar refractivity (Wildman–Crippen MR) is 105 cm³/mol. The number of sulfonamides is 1. The molecule has 0 spiro atoms. The number of carbonyl (C=O) groups excluding carboxylic acids is 1. The third-order valence-electron chi connectivity index (χ3n) is 4.38. The Hall–Kier alpha value is -2.13. The quantitative estimate of drug-likeness (QED) is 0.769. The summed E-state index contributed by atoms with van der Waals surface area (Å²) in [4.78, 5) is 12.6. The zero-order valence-electron chi connectivity index (χ0n) is 15.4. The van der Waals surface area contributed by atoms with Crippen molar-refractivity contribution in [2.75, 3.05) is 33.4 Å². The fourth-order valence-corrected chi connectivity index (χ4v) is 4.47. The van der Waals surface area contributed by atoms with Gasteiger partial charge in [-0.3, -0.25) is 4.79 Å². The molecular formula is C19H21ClN2O5S. The van der Waals surface area contributed by atoms with Crippen LogP contribution in [0.15, 0.2) is 47.4 Å². The number of nitrogens with zero attached hydrogens (tertiary/aromatic N) is 1. The summed E-state index contributed by atoms with van der Waals surface area (Å²) in [5.74, 6) is 0.232. The first-order valence-electron chi connectivity index (χ1n) is 8.70. The Bertz CT molecular complexity index is 959. The van der Waals surface area contributed by atoms with Crippen molar-refractivity contribution in [2.24, 2.45) is 0 Å². The largest absolute Gasteiger partial charge is 0.497 e. The molecule has 150 valence electrons. The number of hydrogen-bond acceptors (Lipinski definition) is 5. The number of amides is 1. The van der Waals surface area contributed by atoms with Gasteiger partial charge < -0.3 is 14.8 Å². The molecule has 2 aromatic carbocycles. The molecule has 9 heteroatoms. The van der Waals surface area contributed by atoms with E-state index < -0.39 is 15.9 Å². The molecule has 0 aromatic heterocycles. The maximum absolute atomic E-state index is 12.8. The SMILES string of the molecule is COc1cccc(CNC(=O)c2cc(S(=O)(=O)N3CCOCC3)ccc2Cl)c1. The summed E-state index contributed by atoms with van der Waals surface area (Å²) >= 11 is 6.15. The Morgan fingerprint density at radius 2 is 1.96 bits per heavy atom. The van der Waals surface area contributed by atoms with E-state index in [1.165, 1.54) is 22.5 Å². The highest BCUT2D eigenvalue weighted by Gasteiger charge is 2.27. The molecule has 1 fully saturated rings. The molecule has 0 atom stereocenters. The van der Waals surface area contributed by atoms with Gasteiger partial charge in [0.2, 0.25) is 10.0 Å². The van der Waals surface area contributed by atoms with Crippen LogP contribution >= 0.6 is 11.6 Å². The third-order valence-corrected chi connectivity index (χ3v) is 6.60. The molecule has 28 heavy (non-hydrogen) atoms. The van der Waals surface area contributed by atoms with E-state index in [-0.39, 0.29) is 35.1 Å². The summed E-state index contributed by atoms with van der Waals surface area (Å²) in [7, 11) is -2.15. The molecule has 0 saturated carbocycles. The highest BCUT2D eigenvalue weighted by molar-refractivity contribution is 7.89. The van der Waals surface area contributed by atoms with Crippen LogP contribution in [0.1, 0.15) is 15.9 Å². The van der Waals surface area contributed by atoms with Crippen LogP contribution in [0.4, 0.5) is 0 Å². The van der Waals surface area contributed by atoms with Gasteiger partial charge >= 0.3 is 0 Å². The summed E-state index contributed by atoms with van der Waals surface area (Å²) in [6.07, 6.45) is 0. The van der Waals surface area contributed by atoms with Gasteiger partial charge in [0.05, 0.1) is 35.8 Å². The van der Waals surface area contributed by atoms with Gasteiger partial charge in [0.1, 0.15) is 5.75 Å². The molecule has 1 amide bonds. The molecule has 1 N–H and O–H groups in total. The number of morpholine rings is 1. The highest BCUT2D eigenvalue weighted by Crippen LogP contribution is 2.24. The standard InChI is InChI=1S/C19H21ClN2O5S/c1-26-15-4-2-3-14(11-15)13-21-19(23)17-12-16(5-6-18(17)20)28(24,25)22-7-9-27-10-8-22/h2-6,11-12H,7-10,13H2,1H3,(H,21,23). The molecule has 0 bridgehead atoms. The number of hydrogen-bond donors (Lipinski definition) is 1. The molecule has 0 aliphatic carbocycles. The molecule has 0 unspecified atom stereocenters. The van der Waals surface area contributed by atoms with Crippen molar-refractivity contribution >= 4 is 27.5 Å². The van der Waals surface area contributed by atoms with E-state index in [0.29, 0.717) is 19.0 Å². The second-order valence-electron chi connectivity index (χ2n) is 6.19. The fourth-order valence-electron chi connectivity index (χ4n) is 2.83. The number of ether oxygens (including phenoxy) is 2. The lowest BCUT2D eigenvalue weighted by molar-refractivity contribution is 0.0730. The second kappa shape index (κ2) is 8.91. The topological polar surface area (TPSA) is 84.9 Å². The average Bonchev–Trinajstić information content (AvgIpc) is 2.73. The van der Waals surface area contributed by atoms with Crippen LogP contribution in [-0.2, 0) is 21.3 Å². The van der Waals surface area contributed by atoms with Gasteiger partial charge in [-0.15, -0.1) is 0 Å². The molecule has 1 aliphatic rings. The number of halogens is 1. The van der Waals surface area contributed by atoms with Crippen molar-refractivity contribution in [3.05, 3.63) is 58.6 Å². The Morgan fingerprint density at radius 1 is 1.21 bits per heavy atom. The summed E-state index contributed by atoms with van der Waals surface area (Å²) in [6, 6.07) is 11.4. The minimum Gasteiger partial charge on any atom is -0.497 e. The summed E-state index contributed by atoms with van der Waals surface area (Å²) in [6.45, 7) is 1.51. The van der Waals surface area contributed by atoms with Crippen LogP contribution in [0.3, 0.4) is 0 Å². The van der Waals surface area contributed by atoms with Crippen LogP contribution in [0.2, 0.25) is 5.02 Å². The number of nitrogens with one attached hydrogen (secondary N) is 1. The lowest BCUT2D eigenvalue weighted by atomic mass is 10.2. The van der Waals surface area contributed by atoms with Crippen LogP contribution < -0.4 is 10.1 Å². The van der Waals surface area contributed by atoms with Gasteiger partial charge in [-0.05, 0) is 35.9 Å². The first-order chi connectivity index (χ1) is 13.4. The first-order valence-corrected chi connectivity index (χ1v) is 10.5. The van der Waals surface area contributed by atoms with E-state index >= 15 is 0 Å². The van der Waals surface area contributed by atoms with Gasteiger partial charge in [0.25, 0.3) is 5.91 Å². The van der Waals surface area contributed by atoms with E-state index in [0.717, 1.165) is 5.56 Å². The van der Waals surface area contributed by atoms with Crippen molar-refractivity contribution in [1.82, 2.24) is 9.62 Å². The minimum atomic E-state index is -3.71. The van der Waals surface area contributed by atoms with E-state index in [4.69, 9.17) is 21.1 Å². The maximum atomic E-state index is 12.8. The molecule has 7 nitrogen and oxygen atoms in total. The second-order valence-corrected chi connectivity index (χ2v) is 8.54. The normalized spacial score (nSPS) is 15.2. The fraction of sp³-hybridized carbons (Fsp3) is 0.316. The Kier molecular flexibility index (Phi) is 6.56. The van der Waals surface area contributed by atoms with E-state index in [2.05, 4.69) is 5.32 Å². The van der Waals surface area contributed by atoms with Crippen molar-refractivity contribution in [1.29, 1.82) is 0 Å². The van der Waals surface area contributed by atoms with Crippen molar-refractivity contribution in [3.63, 3.8) is 0 Å². The summed E-state index contributed by atoms with van der Waals surface area (Å²) < 4.78 is 37.3. The lowest BCUT2D eigenvalue weighted by Gasteiger charge is -2.26. The number of methoxy groups -OCH3 is 1. The van der Waals surface area contributed by atoms with Crippen molar-refractivity contribution in [3.8, 4) is 5.75 Å². The first kappa shape index (κ1) is 20.6. The molecule has 0 radical (unpaired) electrons. The van der Waals surface area contributed by atoms with E-state index in [9.17, 15) is 13.2 Å². The molecule has 1 saturated heterocycles. The van der Waals surface area contributed by atoms with Crippen LogP contribution in [-0.4, -0.2) is 52.0 Å². The van der Waals surface area contributed by atoms with E-state index in [1.807, 2.05) is 18.2 Å². The van der Waals surface area contributed by atoms with Gasteiger partial charge in [0.15, 0.2) is 0 Å². The van der Waals surface area contributed by atoms with Crippen molar-refractivity contribution in [2.45, 2.75) is 11.4 Å². The summed E-state index contributed by atoms with van der Waals surface area (Å²) in [5.41, 5.74) is 0.958. The smallest absolute Gasteiger partial charge is 0.253 e. The number of carbonyl (C=O) groups is 1. The molecule has 3 rings (SSSR count). The zero-order valence-corrected chi connectivity index (χ0v) is 16.9. The third kappa shape index (κ3) is 4.64. The minimum absolute atomic E-state index is 0.0327. The van der Waals surface area contributed by atoms with Gasteiger partial charge in [-0.2, -0.15) is 4.31 Å². The number of benzene rings is 2. The summed E-state index contributed by atoms with van der Waals surface area (Å²) in [5, 5.41) is 2.94. The Balaban J connectivity index is 1.77. The molecule has 1 aliphatic heterocycles. The zero-order chi connectivity index (χ0) is 20.1. The molecule has 1 heterocycles. The monoisotopic (exact) mass is 424 g/mol. The molecular weight excluding hydrogens is 404 g/mol. The number of rotatable bonds is 6. The highest BCUT2D eigenvalue weighted by atomic mass is 35.5. The van der Waals surface area contributed by atoms with Crippen LogP contribution in [0.5, 0.6) is 5.75 Å². The van der Waals surface area contributed by atoms with Crippen molar-refractivity contribution < 1.29 is 22.7 Å². The van der Waals surface area contributed by atoms with Gasteiger partial charge in [-0.1, -0.05) is 23.7 Å². The predicted octanol–water partition coefficient (Wildman–Crippen LogP) is 2.30. The molecule has 2 aromatic rings. The lowest BCUT2D eigenvalue weighted by Crippen LogP contribution is -2.40. The van der Waals surface area contributed by atoms with E-state index in [1.54, 1.807) is 13.2 Å². The Labute approximate surface area is 169 Å². The van der Waals surface area contributed by atoms with Crippen LogP contribution in [0, 0.1) is 0 Å². The average molecular weight is 425 g/mol. The van der Waals surface area contributed by atoms with Gasteiger partial charge in [0, 0.05) is 19.6 Å². The van der Waals surface area contributed by atoms with Gasteiger partial charge in [-0.25, -0.2) is 8.42 Å². The Morgan fingerprint density at radius 3 is 2.68 bits per heavy atom. The maximum Gasteiger partial charge on any atom is 0.253 e. The van der Waals surface area contributed by atoms with Crippen LogP contribution in [0.25, 0.3) is 0 Å².